The Morgan fingerprint density at radius 1 is 1.37 bits per heavy atom. The summed E-state index contributed by atoms with van der Waals surface area (Å²) in [4.78, 5) is 12.8. The summed E-state index contributed by atoms with van der Waals surface area (Å²) >= 11 is 0. The van der Waals surface area contributed by atoms with Gasteiger partial charge in [0.2, 0.25) is 0 Å². The molecule has 0 spiro atoms. The number of halogens is 3. The number of benzene rings is 1. The van der Waals surface area contributed by atoms with Gasteiger partial charge in [-0.05, 0) is 39.0 Å². The summed E-state index contributed by atoms with van der Waals surface area (Å²) in [6.07, 6.45) is -4.67. The van der Waals surface area contributed by atoms with Crippen LogP contribution in [-0.2, 0) is 6.18 Å². The second-order valence-electron chi connectivity index (χ2n) is 4.41. The molecule has 0 aliphatic rings. The maximum Gasteiger partial charge on any atom is 0.417 e. The minimum atomic E-state index is -4.67. The number of nitrogens with zero attached hydrogens (tertiary/aromatic N) is 1. The summed E-state index contributed by atoms with van der Waals surface area (Å²) in [6, 6.07) is 3.28. The van der Waals surface area contributed by atoms with Crippen LogP contribution in [0.5, 0.6) is 0 Å². The zero-order valence-corrected chi connectivity index (χ0v) is 11.0. The molecule has 0 radical (unpaired) electrons. The number of alkyl halides is 3. The van der Waals surface area contributed by atoms with Crippen LogP contribution < -0.4 is 4.90 Å². The van der Waals surface area contributed by atoms with Gasteiger partial charge in [0.05, 0.1) is 11.1 Å². The van der Waals surface area contributed by atoms with Crippen LogP contribution in [0.15, 0.2) is 18.2 Å². The molecule has 1 aromatic rings. The third-order valence-corrected chi connectivity index (χ3v) is 2.83. The lowest BCUT2D eigenvalue weighted by Crippen LogP contribution is -2.30. The van der Waals surface area contributed by atoms with E-state index in [1.165, 1.54) is 6.07 Å². The van der Waals surface area contributed by atoms with Gasteiger partial charge in [-0.3, -0.25) is 0 Å². The molecule has 1 N–H and O–H groups in total. The van der Waals surface area contributed by atoms with Crippen molar-refractivity contribution in [2.45, 2.75) is 33.0 Å². The van der Waals surface area contributed by atoms with Crippen LogP contribution in [0.2, 0.25) is 0 Å². The summed E-state index contributed by atoms with van der Waals surface area (Å²) in [5, 5.41) is 8.93. The molecule has 0 atom stereocenters. The third kappa shape index (κ3) is 3.39. The summed E-state index contributed by atoms with van der Waals surface area (Å²) in [7, 11) is 0. The van der Waals surface area contributed by atoms with Crippen molar-refractivity contribution >= 4 is 11.7 Å². The van der Waals surface area contributed by atoms with E-state index in [4.69, 9.17) is 5.11 Å². The summed E-state index contributed by atoms with van der Waals surface area (Å²) in [5.74, 6) is -1.58. The zero-order valence-electron chi connectivity index (χ0n) is 11.0. The summed E-state index contributed by atoms with van der Waals surface area (Å²) in [6.45, 7) is 6.23. The fourth-order valence-electron chi connectivity index (χ4n) is 1.98. The highest BCUT2D eigenvalue weighted by molar-refractivity contribution is 5.91. The Labute approximate surface area is 109 Å². The van der Waals surface area contributed by atoms with Crippen LogP contribution in [-0.4, -0.2) is 23.7 Å². The number of carboxylic acid groups (broad SMARTS) is 1. The van der Waals surface area contributed by atoms with E-state index >= 15 is 0 Å². The van der Waals surface area contributed by atoms with Crippen LogP contribution >= 0.6 is 0 Å². The minimum absolute atomic E-state index is 0.0726. The highest BCUT2D eigenvalue weighted by Crippen LogP contribution is 2.34. The third-order valence-electron chi connectivity index (χ3n) is 2.83. The highest BCUT2D eigenvalue weighted by atomic mass is 19.4. The number of aromatic carboxylic acids is 1. The van der Waals surface area contributed by atoms with Crippen molar-refractivity contribution in [3.8, 4) is 0 Å². The molecule has 0 fully saturated rings. The molecule has 0 unspecified atom stereocenters. The molecule has 0 amide bonds. The number of carboxylic acids is 1. The molecular weight excluding hydrogens is 259 g/mol. The molecule has 0 saturated heterocycles. The second kappa shape index (κ2) is 5.50. The maximum atomic E-state index is 12.7. The van der Waals surface area contributed by atoms with E-state index < -0.39 is 23.3 Å². The molecule has 1 aromatic carbocycles. The van der Waals surface area contributed by atoms with Gasteiger partial charge in [0, 0.05) is 18.3 Å². The average Bonchev–Trinajstić information content (AvgIpc) is 2.27. The van der Waals surface area contributed by atoms with Crippen molar-refractivity contribution in [3.05, 3.63) is 29.3 Å². The van der Waals surface area contributed by atoms with Gasteiger partial charge in [0.1, 0.15) is 0 Å². The molecule has 3 nitrogen and oxygen atoms in total. The van der Waals surface area contributed by atoms with Gasteiger partial charge in [-0.2, -0.15) is 13.2 Å². The quantitative estimate of drug-likeness (QED) is 0.912. The maximum absolute atomic E-state index is 12.7. The standard InChI is InChI=1S/C13H16F3NO2/c1-4-17(8(2)3)9-5-6-11(13(14,15)16)10(7-9)12(18)19/h5-8H,4H2,1-3H3,(H,18,19). The van der Waals surface area contributed by atoms with Gasteiger partial charge in [-0.25, -0.2) is 4.79 Å². The van der Waals surface area contributed by atoms with Gasteiger partial charge in [-0.15, -0.1) is 0 Å². The van der Waals surface area contributed by atoms with Crippen molar-refractivity contribution in [3.63, 3.8) is 0 Å². The van der Waals surface area contributed by atoms with Gasteiger partial charge in [0.25, 0.3) is 0 Å². The SMILES string of the molecule is CCN(c1ccc(C(F)(F)F)c(C(=O)O)c1)C(C)C. The predicted molar refractivity (Wildman–Crippen MR) is 66.6 cm³/mol. The van der Waals surface area contributed by atoms with Crippen LogP contribution in [0.1, 0.15) is 36.7 Å². The topological polar surface area (TPSA) is 40.5 Å². The van der Waals surface area contributed by atoms with E-state index in [0.717, 1.165) is 12.1 Å². The number of hydrogen-bond acceptors (Lipinski definition) is 2. The smallest absolute Gasteiger partial charge is 0.417 e. The highest BCUT2D eigenvalue weighted by Gasteiger charge is 2.35. The van der Waals surface area contributed by atoms with Crippen LogP contribution in [0.4, 0.5) is 18.9 Å². The lowest BCUT2D eigenvalue weighted by molar-refractivity contribution is -0.138. The first kappa shape index (κ1) is 15.3. The minimum Gasteiger partial charge on any atom is -0.478 e. The lowest BCUT2D eigenvalue weighted by atomic mass is 10.0. The number of anilines is 1. The molecule has 0 aliphatic heterocycles. The van der Waals surface area contributed by atoms with Crippen LogP contribution in [0, 0.1) is 0 Å². The van der Waals surface area contributed by atoms with E-state index in [9.17, 15) is 18.0 Å². The molecule has 106 valence electrons. The van der Waals surface area contributed by atoms with E-state index in [1.807, 2.05) is 25.7 Å². The van der Waals surface area contributed by atoms with E-state index in [1.54, 1.807) is 0 Å². The average molecular weight is 275 g/mol. The molecule has 19 heavy (non-hydrogen) atoms. The monoisotopic (exact) mass is 275 g/mol. The molecule has 0 aromatic heterocycles. The Morgan fingerprint density at radius 3 is 2.32 bits per heavy atom. The Kier molecular flexibility index (Phi) is 4.44. The van der Waals surface area contributed by atoms with Gasteiger partial charge >= 0.3 is 12.1 Å². The van der Waals surface area contributed by atoms with Gasteiger partial charge in [0.15, 0.2) is 0 Å². The molecule has 0 saturated carbocycles. The first-order valence-corrected chi connectivity index (χ1v) is 5.89. The Bertz CT molecular complexity index is 469. The van der Waals surface area contributed by atoms with Crippen LogP contribution in [0.3, 0.4) is 0 Å². The molecule has 1 rings (SSSR count). The molecule has 0 heterocycles. The van der Waals surface area contributed by atoms with Gasteiger partial charge in [-0.1, -0.05) is 0 Å². The lowest BCUT2D eigenvalue weighted by Gasteiger charge is -2.28. The molecular formula is C13H16F3NO2. The van der Waals surface area contributed by atoms with E-state index in [0.29, 0.717) is 12.2 Å². The number of hydrogen-bond donors (Lipinski definition) is 1. The first-order valence-electron chi connectivity index (χ1n) is 5.89. The largest absolute Gasteiger partial charge is 0.478 e. The zero-order chi connectivity index (χ0) is 14.8. The Balaban J connectivity index is 3.35. The first-order chi connectivity index (χ1) is 8.68. The van der Waals surface area contributed by atoms with Crippen LogP contribution in [0.25, 0.3) is 0 Å². The summed E-state index contributed by atoms with van der Waals surface area (Å²) in [5.41, 5.74) is -1.37. The number of rotatable bonds is 4. The normalized spacial score (nSPS) is 11.7. The van der Waals surface area contributed by atoms with E-state index in [-0.39, 0.29) is 6.04 Å². The van der Waals surface area contributed by atoms with E-state index in [2.05, 4.69) is 0 Å². The molecule has 6 heteroatoms. The van der Waals surface area contributed by atoms with Crippen molar-refractivity contribution in [2.75, 3.05) is 11.4 Å². The van der Waals surface area contributed by atoms with Gasteiger partial charge < -0.3 is 10.0 Å². The fraction of sp³-hybridized carbons (Fsp3) is 0.462. The Morgan fingerprint density at radius 2 is 1.95 bits per heavy atom. The van der Waals surface area contributed by atoms with Crippen molar-refractivity contribution in [1.82, 2.24) is 0 Å². The second-order valence-corrected chi connectivity index (χ2v) is 4.41. The fourth-order valence-corrected chi connectivity index (χ4v) is 1.98. The molecule has 0 aliphatic carbocycles. The predicted octanol–water partition coefficient (Wildman–Crippen LogP) is 3.64. The Hall–Kier alpha value is -1.72. The molecule has 0 bridgehead atoms. The number of carbonyl (C=O) groups is 1. The van der Waals surface area contributed by atoms with Crippen molar-refractivity contribution in [1.29, 1.82) is 0 Å². The summed E-state index contributed by atoms with van der Waals surface area (Å²) < 4.78 is 38.1. The van der Waals surface area contributed by atoms with Crippen molar-refractivity contribution in [2.24, 2.45) is 0 Å². The van der Waals surface area contributed by atoms with Crippen molar-refractivity contribution < 1.29 is 23.1 Å².